The van der Waals surface area contributed by atoms with Gasteiger partial charge in [0, 0.05) is 5.02 Å². The van der Waals surface area contributed by atoms with Crippen molar-refractivity contribution in [3.63, 3.8) is 0 Å². The molecule has 0 unspecified atom stereocenters. The van der Waals surface area contributed by atoms with E-state index in [9.17, 15) is 13.2 Å². The Kier molecular flexibility index (Phi) is 6.36. The molecule has 3 N–H and O–H groups in total. The van der Waals surface area contributed by atoms with Gasteiger partial charge in [-0.1, -0.05) is 29.8 Å². The summed E-state index contributed by atoms with van der Waals surface area (Å²) in [4.78, 5) is 10.5. The van der Waals surface area contributed by atoms with Crippen LogP contribution in [-0.2, 0) is 14.8 Å². The molecule has 0 aliphatic heterocycles. The number of nitrogens with zero attached hydrogens (tertiary/aromatic N) is 1. The highest BCUT2D eigenvalue weighted by Gasteiger charge is 2.16. The highest BCUT2D eigenvalue weighted by atomic mass is 35.5. The number of nitrogens with one attached hydrogen (secondary N) is 2. The van der Waals surface area contributed by atoms with E-state index < -0.39 is 22.5 Å². The Hall–Kier alpha value is -2.42. The number of aryl methyl sites for hydroxylation is 1. The highest BCUT2D eigenvalue weighted by Crippen LogP contribution is 2.20. The third-order valence-electron chi connectivity index (χ3n) is 3.50. The molecule has 0 radical (unpaired) electrons. The van der Waals surface area contributed by atoms with Crippen molar-refractivity contribution in [2.45, 2.75) is 18.7 Å². The van der Waals surface area contributed by atoms with Gasteiger partial charge < -0.3 is 5.11 Å². The van der Waals surface area contributed by atoms with E-state index in [1.165, 1.54) is 12.1 Å². The van der Waals surface area contributed by atoms with Crippen molar-refractivity contribution in [2.24, 2.45) is 5.10 Å². The van der Waals surface area contributed by atoms with Crippen molar-refractivity contribution in [1.29, 1.82) is 0 Å². The van der Waals surface area contributed by atoms with E-state index in [4.69, 9.17) is 16.7 Å². The van der Waals surface area contributed by atoms with Gasteiger partial charge in [-0.15, -0.1) is 0 Å². The first kappa shape index (κ1) is 19.9. The number of sulfonamides is 1. The minimum Gasteiger partial charge on any atom is -0.480 e. The molecule has 0 spiro atoms. The maximum Gasteiger partial charge on any atom is 0.318 e. The molecule has 2 rings (SSSR count). The molecule has 0 amide bonds. The normalized spacial score (nSPS) is 12.0. The first-order chi connectivity index (χ1) is 12.2. The van der Waals surface area contributed by atoms with Crippen LogP contribution in [-0.4, -0.2) is 31.8 Å². The predicted molar refractivity (Wildman–Crippen MR) is 101 cm³/mol. The number of carboxylic acid groups (broad SMARTS) is 1. The topological polar surface area (TPSA) is 108 Å². The van der Waals surface area contributed by atoms with Crippen molar-refractivity contribution in [3.8, 4) is 0 Å². The summed E-state index contributed by atoms with van der Waals surface area (Å²) in [5.74, 6) is -1.26. The maximum atomic E-state index is 12.1. The molecule has 0 fully saturated rings. The summed E-state index contributed by atoms with van der Waals surface area (Å²) in [5.41, 5.74) is 5.65. The van der Waals surface area contributed by atoms with Crippen molar-refractivity contribution in [3.05, 3.63) is 58.6 Å². The van der Waals surface area contributed by atoms with Gasteiger partial charge >= 0.3 is 5.97 Å². The van der Waals surface area contributed by atoms with Gasteiger partial charge in [0.25, 0.3) is 0 Å². The number of aliphatic carboxylic acids is 1. The van der Waals surface area contributed by atoms with Gasteiger partial charge in [0.2, 0.25) is 10.0 Å². The van der Waals surface area contributed by atoms with Gasteiger partial charge in [0.15, 0.2) is 0 Å². The Morgan fingerprint density at radius 2 is 1.96 bits per heavy atom. The van der Waals surface area contributed by atoms with Crippen LogP contribution in [0.3, 0.4) is 0 Å². The van der Waals surface area contributed by atoms with Crippen LogP contribution in [0.2, 0.25) is 5.02 Å². The zero-order valence-electron chi connectivity index (χ0n) is 14.2. The molecule has 0 heterocycles. The fraction of sp³-hybridized carbons (Fsp3) is 0.176. The molecule has 2 aromatic rings. The van der Waals surface area contributed by atoms with E-state index in [1.807, 2.05) is 23.8 Å². The maximum absolute atomic E-state index is 12.1. The van der Waals surface area contributed by atoms with Crippen LogP contribution < -0.4 is 10.1 Å². The summed E-state index contributed by atoms with van der Waals surface area (Å²) in [6.07, 6.45) is 0. The number of halogens is 1. The molecular weight excluding hydrogens is 378 g/mol. The van der Waals surface area contributed by atoms with Gasteiger partial charge in [-0.2, -0.15) is 9.82 Å². The molecule has 0 aliphatic rings. The molecule has 138 valence electrons. The molecule has 9 heteroatoms. The fourth-order valence-corrected chi connectivity index (χ4v) is 3.20. The van der Waals surface area contributed by atoms with Crippen LogP contribution in [0.5, 0.6) is 0 Å². The van der Waals surface area contributed by atoms with Crippen LogP contribution in [0.15, 0.2) is 52.5 Å². The number of hydrazone groups is 1. The number of carbonyl (C=O) groups is 1. The summed E-state index contributed by atoms with van der Waals surface area (Å²) in [5, 5.41) is 13.5. The van der Waals surface area contributed by atoms with E-state index in [0.717, 1.165) is 5.56 Å². The molecule has 0 saturated heterocycles. The second-order valence-electron chi connectivity index (χ2n) is 5.52. The third kappa shape index (κ3) is 5.29. The standard InChI is InChI=1S/C17H18ClN3O4S/c1-11-6-7-14(9-16(11)18)21-20-12(2)13-4-3-5-15(8-13)26(24,25)19-10-17(22)23/h3-9,19,21H,10H2,1-2H3,(H,22,23). The lowest BCUT2D eigenvalue weighted by Crippen LogP contribution is -2.29. The van der Waals surface area contributed by atoms with E-state index in [2.05, 4.69) is 10.5 Å². The lowest BCUT2D eigenvalue weighted by atomic mass is 10.1. The zero-order chi connectivity index (χ0) is 19.3. The lowest BCUT2D eigenvalue weighted by molar-refractivity contribution is -0.135. The average molecular weight is 396 g/mol. The Morgan fingerprint density at radius 1 is 1.23 bits per heavy atom. The Morgan fingerprint density at radius 3 is 2.62 bits per heavy atom. The van der Waals surface area contributed by atoms with Crippen molar-refractivity contribution in [2.75, 3.05) is 12.0 Å². The monoisotopic (exact) mass is 395 g/mol. The number of rotatable bonds is 7. The number of hydrogen-bond donors (Lipinski definition) is 3. The predicted octanol–water partition coefficient (Wildman–Crippen LogP) is 2.85. The molecule has 0 atom stereocenters. The molecular formula is C17H18ClN3O4S. The lowest BCUT2D eigenvalue weighted by Gasteiger charge is -2.08. The second kappa shape index (κ2) is 8.31. The average Bonchev–Trinajstić information content (AvgIpc) is 2.61. The van der Waals surface area contributed by atoms with Crippen molar-refractivity contribution < 1.29 is 18.3 Å². The zero-order valence-corrected chi connectivity index (χ0v) is 15.7. The van der Waals surface area contributed by atoms with Gasteiger partial charge in [-0.25, -0.2) is 8.42 Å². The number of anilines is 1. The Bertz CT molecular complexity index is 958. The quantitative estimate of drug-likeness (QED) is 0.493. The molecule has 0 saturated carbocycles. The van der Waals surface area contributed by atoms with E-state index in [0.29, 0.717) is 22.0 Å². The minimum atomic E-state index is -3.91. The van der Waals surface area contributed by atoms with Crippen LogP contribution in [0.4, 0.5) is 5.69 Å². The summed E-state index contributed by atoms with van der Waals surface area (Å²) < 4.78 is 26.2. The number of carboxylic acids is 1. The first-order valence-corrected chi connectivity index (χ1v) is 9.43. The highest BCUT2D eigenvalue weighted by molar-refractivity contribution is 7.89. The minimum absolute atomic E-state index is 0.0378. The van der Waals surface area contributed by atoms with Gasteiger partial charge in [0.1, 0.15) is 6.54 Å². The summed E-state index contributed by atoms with van der Waals surface area (Å²) in [7, 11) is -3.91. The fourth-order valence-electron chi connectivity index (χ4n) is 2.00. The van der Waals surface area contributed by atoms with E-state index in [-0.39, 0.29) is 4.90 Å². The van der Waals surface area contributed by atoms with Crippen LogP contribution in [0, 0.1) is 6.92 Å². The van der Waals surface area contributed by atoms with Crippen molar-refractivity contribution >= 4 is 39.0 Å². The smallest absolute Gasteiger partial charge is 0.318 e. The number of hydrogen-bond acceptors (Lipinski definition) is 5. The third-order valence-corrected chi connectivity index (χ3v) is 5.31. The number of benzene rings is 2. The molecule has 2 aromatic carbocycles. The van der Waals surface area contributed by atoms with Gasteiger partial charge in [-0.05, 0) is 49.2 Å². The molecule has 0 bridgehead atoms. The summed E-state index contributed by atoms with van der Waals surface area (Å²) in [6, 6.07) is 11.5. The van der Waals surface area contributed by atoms with Crippen LogP contribution >= 0.6 is 11.6 Å². The largest absolute Gasteiger partial charge is 0.480 e. The van der Waals surface area contributed by atoms with E-state index in [1.54, 1.807) is 25.1 Å². The van der Waals surface area contributed by atoms with Gasteiger partial charge in [0.05, 0.1) is 16.3 Å². The van der Waals surface area contributed by atoms with Gasteiger partial charge in [-0.3, -0.25) is 10.2 Å². The SMILES string of the molecule is CC(=NNc1ccc(C)c(Cl)c1)c1cccc(S(=O)(=O)NCC(=O)O)c1. The molecule has 7 nitrogen and oxygen atoms in total. The Labute approximate surface area is 156 Å². The first-order valence-electron chi connectivity index (χ1n) is 7.57. The molecule has 0 aromatic heterocycles. The molecule has 0 aliphatic carbocycles. The molecule has 26 heavy (non-hydrogen) atoms. The summed E-state index contributed by atoms with van der Waals surface area (Å²) in [6.45, 7) is 2.93. The summed E-state index contributed by atoms with van der Waals surface area (Å²) >= 11 is 6.07. The second-order valence-corrected chi connectivity index (χ2v) is 7.69. The van der Waals surface area contributed by atoms with Crippen molar-refractivity contribution in [1.82, 2.24) is 4.72 Å². The Balaban J connectivity index is 2.20. The van der Waals surface area contributed by atoms with E-state index >= 15 is 0 Å². The van der Waals surface area contributed by atoms with Crippen LogP contribution in [0.25, 0.3) is 0 Å². The van der Waals surface area contributed by atoms with Crippen LogP contribution in [0.1, 0.15) is 18.1 Å².